The van der Waals surface area contributed by atoms with Crippen LogP contribution in [0, 0.1) is 0 Å². The molecule has 0 aromatic heterocycles. The zero-order valence-electron chi connectivity index (χ0n) is 9.31. The highest BCUT2D eigenvalue weighted by Gasteiger charge is 2.13. The molecular weight excluding hydrogens is 246 g/mol. The van der Waals surface area contributed by atoms with Crippen molar-refractivity contribution in [2.75, 3.05) is 25.6 Å². The highest BCUT2D eigenvalue weighted by atomic mass is 35.5. The molecule has 1 aromatic carbocycles. The van der Waals surface area contributed by atoms with E-state index in [2.05, 4.69) is 10.1 Å². The van der Waals surface area contributed by atoms with E-state index in [0.717, 1.165) is 0 Å². The number of halogens is 1. The zero-order valence-corrected chi connectivity index (χ0v) is 10.1. The molecule has 0 fully saturated rings. The van der Waals surface area contributed by atoms with Gasteiger partial charge in [0.2, 0.25) is 0 Å². The van der Waals surface area contributed by atoms with Crippen molar-refractivity contribution in [1.82, 2.24) is 0 Å². The van der Waals surface area contributed by atoms with Gasteiger partial charge in [-0.25, -0.2) is 4.79 Å². The number of nitrogens with one attached hydrogen (secondary N) is 1. The van der Waals surface area contributed by atoms with Gasteiger partial charge in [0.15, 0.2) is 0 Å². The third-order valence-electron chi connectivity index (χ3n) is 2.13. The van der Waals surface area contributed by atoms with Gasteiger partial charge in [-0.2, -0.15) is 0 Å². The van der Waals surface area contributed by atoms with Crippen LogP contribution in [-0.4, -0.2) is 42.5 Å². The van der Waals surface area contributed by atoms with E-state index < -0.39 is 12.1 Å². The maximum Gasteiger partial charge on any atom is 0.340 e. The lowest BCUT2D eigenvalue weighted by Crippen LogP contribution is -2.23. The molecule has 6 heteroatoms. The van der Waals surface area contributed by atoms with E-state index in [9.17, 15) is 9.90 Å². The SMILES string of the molecule is COC(=O)c1cc(Cl)ccc1NCC(O)CO. The van der Waals surface area contributed by atoms with Crippen LogP contribution in [0.15, 0.2) is 18.2 Å². The fraction of sp³-hybridized carbons (Fsp3) is 0.364. The maximum atomic E-state index is 11.5. The van der Waals surface area contributed by atoms with E-state index >= 15 is 0 Å². The summed E-state index contributed by atoms with van der Waals surface area (Å²) in [7, 11) is 1.27. The molecule has 17 heavy (non-hydrogen) atoms. The summed E-state index contributed by atoms with van der Waals surface area (Å²) in [6.07, 6.45) is -0.892. The predicted molar refractivity (Wildman–Crippen MR) is 64.4 cm³/mol. The van der Waals surface area contributed by atoms with Crippen molar-refractivity contribution in [3.63, 3.8) is 0 Å². The Morgan fingerprint density at radius 2 is 2.29 bits per heavy atom. The minimum atomic E-state index is -0.892. The van der Waals surface area contributed by atoms with Crippen LogP contribution in [0.2, 0.25) is 5.02 Å². The quantitative estimate of drug-likeness (QED) is 0.685. The van der Waals surface area contributed by atoms with E-state index in [4.69, 9.17) is 16.7 Å². The molecule has 1 atom stereocenters. The second kappa shape index (κ2) is 6.44. The van der Waals surface area contributed by atoms with Crippen LogP contribution in [0.3, 0.4) is 0 Å². The first-order valence-electron chi connectivity index (χ1n) is 4.99. The van der Waals surface area contributed by atoms with Gasteiger partial charge >= 0.3 is 5.97 Å². The number of rotatable bonds is 5. The summed E-state index contributed by atoms with van der Waals surface area (Å²) < 4.78 is 4.62. The van der Waals surface area contributed by atoms with Gasteiger partial charge in [0, 0.05) is 17.3 Å². The van der Waals surface area contributed by atoms with Crippen LogP contribution in [0.5, 0.6) is 0 Å². The minimum Gasteiger partial charge on any atom is -0.465 e. The summed E-state index contributed by atoms with van der Waals surface area (Å²) in [5, 5.41) is 21.1. The van der Waals surface area contributed by atoms with E-state index in [-0.39, 0.29) is 18.7 Å². The molecule has 0 aliphatic carbocycles. The standard InChI is InChI=1S/C11H14ClNO4/c1-17-11(16)9-4-7(12)2-3-10(9)13-5-8(15)6-14/h2-4,8,13-15H,5-6H2,1H3. The summed E-state index contributed by atoms with van der Waals surface area (Å²) in [5.41, 5.74) is 0.777. The first kappa shape index (κ1) is 13.8. The van der Waals surface area contributed by atoms with Gasteiger partial charge in [0.05, 0.1) is 25.4 Å². The fourth-order valence-electron chi connectivity index (χ4n) is 1.24. The van der Waals surface area contributed by atoms with Gasteiger partial charge in [-0.05, 0) is 18.2 Å². The minimum absolute atomic E-state index is 0.127. The Balaban J connectivity index is 2.86. The number of hydrogen-bond acceptors (Lipinski definition) is 5. The van der Waals surface area contributed by atoms with E-state index in [1.807, 2.05) is 0 Å². The lowest BCUT2D eigenvalue weighted by Gasteiger charge is -2.13. The van der Waals surface area contributed by atoms with Crippen molar-refractivity contribution in [3.8, 4) is 0 Å². The van der Waals surface area contributed by atoms with Gasteiger partial charge in [-0.1, -0.05) is 11.6 Å². The van der Waals surface area contributed by atoms with Crippen LogP contribution in [0.4, 0.5) is 5.69 Å². The van der Waals surface area contributed by atoms with E-state index in [0.29, 0.717) is 10.7 Å². The summed E-state index contributed by atoms with van der Waals surface area (Å²) >= 11 is 5.78. The largest absolute Gasteiger partial charge is 0.465 e. The molecular formula is C11H14ClNO4. The number of aliphatic hydroxyl groups is 2. The number of aliphatic hydroxyl groups excluding tert-OH is 2. The molecule has 0 saturated heterocycles. The number of carbonyl (C=O) groups excluding carboxylic acids is 1. The molecule has 0 amide bonds. The first-order valence-corrected chi connectivity index (χ1v) is 5.37. The van der Waals surface area contributed by atoms with Crippen LogP contribution in [0.25, 0.3) is 0 Å². The Morgan fingerprint density at radius 3 is 2.88 bits per heavy atom. The normalized spacial score (nSPS) is 12.0. The van der Waals surface area contributed by atoms with Gasteiger partial charge in [0.25, 0.3) is 0 Å². The molecule has 1 unspecified atom stereocenters. The molecule has 0 aliphatic rings. The number of carbonyl (C=O) groups is 1. The van der Waals surface area contributed by atoms with Crippen molar-refractivity contribution in [2.24, 2.45) is 0 Å². The molecule has 0 aliphatic heterocycles. The average molecular weight is 260 g/mol. The lowest BCUT2D eigenvalue weighted by atomic mass is 10.1. The number of hydrogen-bond donors (Lipinski definition) is 3. The molecule has 94 valence electrons. The number of methoxy groups -OCH3 is 1. The molecule has 0 bridgehead atoms. The number of ether oxygens (including phenoxy) is 1. The molecule has 1 aromatic rings. The molecule has 0 saturated carbocycles. The molecule has 1 rings (SSSR count). The molecule has 0 spiro atoms. The number of benzene rings is 1. The van der Waals surface area contributed by atoms with Gasteiger partial charge in [-0.15, -0.1) is 0 Å². The van der Waals surface area contributed by atoms with E-state index in [1.165, 1.54) is 13.2 Å². The summed E-state index contributed by atoms with van der Waals surface area (Å²) in [6.45, 7) is -0.226. The Labute approximate surface area is 104 Å². The second-order valence-corrected chi connectivity index (χ2v) is 3.84. The van der Waals surface area contributed by atoms with Crippen LogP contribution >= 0.6 is 11.6 Å². The Morgan fingerprint density at radius 1 is 1.59 bits per heavy atom. The predicted octanol–water partition coefficient (Wildman–Crippen LogP) is 0.892. The molecule has 5 nitrogen and oxygen atoms in total. The summed E-state index contributed by atoms with van der Waals surface area (Å²) in [6, 6.07) is 4.70. The first-order chi connectivity index (χ1) is 8.08. The van der Waals surface area contributed by atoms with Crippen molar-refractivity contribution >= 4 is 23.3 Å². The number of esters is 1. The van der Waals surface area contributed by atoms with E-state index in [1.54, 1.807) is 12.1 Å². The Bertz CT molecular complexity index is 397. The maximum absolute atomic E-state index is 11.5. The smallest absolute Gasteiger partial charge is 0.340 e. The zero-order chi connectivity index (χ0) is 12.8. The van der Waals surface area contributed by atoms with Crippen molar-refractivity contribution in [3.05, 3.63) is 28.8 Å². The molecule has 0 radical (unpaired) electrons. The molecule has 0 heterocycles. The van der Waals surface area contributed by atoms with Crippen LogP contribution < -0.4 is 5.32 Å². The van der Waals surface area contributed by atoms with Crippen LogP contribution in [0.1, 0.15) is 10.4 Å². The highest BCUT2D eigenvalue weighted by Crippen LogP contribution is 2.21. The Hall–Kier alpha value is -1.30. The second-order valence-electron chi connectivity index (χ2n) is 3.40. The average Bonchev–Trinajstić information content (AvgIpc) is 2.35. The van der Waals surface area contributed by atoms with Crippen LogP contribution in [-0.2, 0) is 4.74 Å². The van der Waals surface area contributed by atoms with Gasteiger partial charge in [-0.3, -0.25) is 0 Å². The lowest BCUT2D eigenvalue weighted by molar-refractivity contribution is 0.0601. The van der Waals surface area contributed by atoms with Crippen molar-refractivity contribution in [1.29, 1.82) is 0 Å². The highest BCUT2D eigenvalue weighted by molar-refractivity contribution is 6.31. The summed E-state index contributed by atoms with van der Waals surface area (Å²) in [4.78, 5) is 11.5. The van der Waals surface area contributed by atoms with Crippen molar-refractivity contribution < 1.29 is 19.7 Å². The topological polar surface area (TPSA) is 78.8 Å². The van der Waals surface area contributed by atoms with Crippen molar-refractivity contribution in [2.45, 2.75) is 6.10 Å². The van der Waals surface area contributed by atoms with Gasteiger partial charge < -0.3 is 20.3 Å². The fourth-order valence-corrected chi connectivity index (χ4v) is 1.41. The third-order valence-corrected chi connectivity index (χ3v) is 2.36. The third kappa shape index (κ3) is 3.89. The number of anilines is 1. The molecule has 3 N–H and O–H groups in total. The van der Waals surface area contributed by atoms with Gasteiger partial charge in [0.1, 0.15) is 0 Å². The Kier molecular flexibility index (Phi) is 5.21. The summed E-state index contributed by atoms with van der Waals surface area (Å²) in [5.74, 6) is -0.520. The monoisotopic (exact) mass is 259 g/mol.